The second kappa shape index (κ2) is 10.9. The molecule has 40 heavy (non-hydrogen) atoms. The molecule has 0 saturated carbocycles. The lowest BCUT2D eigenvalue weighted by Gasteiger charge is -2.52. The maximum absolute atomic E-state index is 13.7. The number of esters is 3. The highest BCUT2D eigenvalue weighted by molar-refractivity contribution is 6.14. The monoisotopic (exact) mass is 552 g/mol. The second-order valence-corrected chi connectivity index (χ2v) is 11.5. The number of Topliss-reactive ketones (excluding diaryl/α,β-unsaturated/α-hetero) is 1. The summed E-state index contributed by atoms with van der Waals surface area (Å²) >= 11 is 0. The van der Waals surface area contributed by atoms with Crippen molar-refractivity contribution >= 4 is 29.7 Å². The maximum Gasteiger partial charge on any atom is 0.343 e. The summed E-state index contributed by atoms with van der Waals surface area (Å²) in [6.45, 7) is 3.86. The minimum atomic E-state index is -1.82. The number of aliphatic carboxylic acids is 1. The van der Waals surface area contributed by atoms with Crippen molar-refractivity contribution in [3.63, 3.8) is 0 Å². The summed E-state index contributed by atoms with van der Waals surface area (Å²) in [5.41, 5.74) is -1.25. The smallest absolute Gasteiger partial charge is 0.343 e. The molecule has 0 aromatic carbocycles. The van der Waals surface area contributed by atoms with Gasteiger partial charge in [0.1, 0.15) is 11.5 Å². The quantitative estimate of drug-likeness (QED) is 0.161. The summed E-state index contributed by atoms with van der Waals surface area (Å²) in [6.07, 6.45) is 13.6. The van der Waals surface area contributed by atoms with Crippen LogP contribution in [0.15, 0.2) is 47.1 Å². The van der Waals surface area contributed by atoms with Gasteiger partial charge in [-0.1, -0.05) is 43.2 Å². The Kier molecular flexibility index (Phi) is 7.70. The number of ether oxygens (including phenoxy) is 3. The van der Waals surface area contributed by atoms with Crippen LogP contribution in [0.1, 0.15) is 78.1 Å². The van der Waals surface area contributed by atoms with Crippen LogP contribution in [-0.2, 0) is 38.2 Å². The zero-order valence-corrected chi connectivity index (χ0v) is 23.0. The van der Waals surface area contributed by atoms with Gasteiger partial charge in [-0.15, -0.1) is 0 Å². The van der Waals surface area contributed by atoms with Gasteiger partial charge in [0.15, 0.2) is 5.78 Å². The molecule has 9 nitrogen and oxygen atoms in total. The van der Waals surface area contributed by atoms with E-state index >= 15 is 0 Å². The van der Waals surface area contributed by atoms with Crippen LogP contribution in [-0.4, -0.2) is 46.7 Å². The van der Waals surface area contributed by atoms with Crippen LogP contribution >= 0.6 is 0 Å². The second-order valence-electron chi connectivity index (χ2n) is 11.5. The molecule has 1 N–H and O–H groups in total. The molecule has 9 heteroatoms. The van der Waals surface area contributed by atoms with E-state index in [9.17, 15) is 29.1 Å². The van der Waals surface area contributed by atoms with E-state index in [2.05, 4.69) is 6.08 Å². The fourth-order valence-electron chi connectivity index (χ4n) is 7.40. The predicted molar refractivity (Wildman–Crippen MR) is 141 cm³/mol. The molecule has 5 rings (SSSR count). The molecule has 3 heterocycles. The van der Waals surface area contributed by atoms with Crippen LogP contribution in [0.25, 0.3) is 0 Å². The Morgan fingerprint density at radius 2 is 1.80 bits per heavy atom. The van der Waals surface area contributed by atoms with Gasteiger partial charge in [0.05, 0.1) is 23.5 Å². The number of carbonyl (C=O) groups is 5. The molecule has 214 valence electrons. The summed E-state index contributed by atoms with van der Waals surface area (Å²) in [5.74, 6) is -7.03. The van der Waals surface area contributed by atoms with Crippen molar-refractivity contribution in [3.05, 3.63) is 47.1 Å². The highest BCUT2D eigenvalue weighted by atomic mass is 16.7. The molecule has 2 saturated heterocycles. The zero-order chi connectivity index (χ0) is 28.7. The maximum atomic E-state index is 13.7. The van der Waals surface area contributed by atoms with Gasteiger partial charge in [0, 0.05) is 18.4 Å². The number of hydrogen-bond acceptors (Lipinski definition) is 8. The van der Waals surface area contributed by atoms with Gasteiger partial charge in [-0.3, -0.25) is 14.4 Å². The fourth-order valence-corrected chi connectivity index (χ4v) is 7.40. The Balaban J connectivity index is 1.60. The summed E-state index contributed by atoms with van der Waals surface area (Å²) < 4.78 is 17.4. The number of ketones is 1. The molecule has 3 aliphatic heterocycles. The normalized spacial score (nSPS) is 34.1. The largest absolute Gasteiger partial charge is 0.481 e. The predicted octanol–water partition coefficient (Wildman–Crippen LogP) is 4.51. The standard InChI is InChI=1S/C31H36O9/c1-3-5-7-8-9-11-12-18-14-23-30(17-24(33)34)16-20-25(28(36)38-27(20)35)26-19(18)15-22(21(32)13-10-6-4-2)39-31(23,26)40-29(30)37/h3-6,14,18-19,22,26H,7-13,15-17H2,1-2H3,(H,33,34)/b5-3+,6-4+/t18-,19+,22-,26?,30-,31?/m0/s1. The Morgan fingerprint density at radius 3 is 2.52 bits per heavy atom. The average molecular weight is 553 g/mol. The first-order valence-corrected chi connectivity index (χ1v) is 14.3. The number of carbonyl (C=O) groups excluding carboxylic acids is 4. The van der Waals surface area contributed by atoms with E-state index < -0.39 is 53.5 Å². The van der Waals surface area contributed by atoms with Crippen molar-refractivity contribution in [2.45, 2.75) is 89.9 Å². The van der Waals surface area contributed by atoms with E-state index in [0.29, 0.717) is 18.4 Å². The summed E-state index contributed by atoms with van der Waals surface area (Å²) in [7, 11) is 0. The molecule has 2 aliphatic carbocycles. The Morgan fingerprint density at radius 1 is 1.05 bits per heavy atom. The highest BCUT2D eigenvalue weighted by Gasteiger charge is 2.75. The summed E-state index contributed by atoms with van der Waals surface area (Å²) in [5, 5.41) is 9.90. The van der Waals surface area contributed by atoms with E-state index in [-0.39, 0.29) is 41.6 Å². The van der Waals surface area contributed by atoms with Crippen LogP contribution in [0.3, 0.4) is 0 Å². The minimum absolute atomic E-state index is 0.0270. The molecule has 2 fully saturated rings. The Labute approximate surface area is 233 Å². The number of allylic oxidation sites excluding steroid dienone is 5. The molecule has 6 atom stereocenters. The number of carboxylic acid groups (broad SMARTS) is 1. The van der Waals surface area contributed by atoms with Crippen LogP contribution in [0.4, 0.5) is 0 Å². The number of carboxylic acids is 1. The van der Waals surface area contributed by atoms with Crippen molar-refractivity contribution in [2.75, 3.05) is 0 Å². The van der Waals surface area contributed by atoms with Crippen molar-refractivity contribution in [3.8, 4) is 0 Å². The SMILES string of the molecule is C/C=C/CCCCC[C@H]1C=C2C34OC(=O)[C@]2(CC(=O)O)CC2=C(C(=O)OC2=O)C3[C@@H]1C[C@@H](C(=O)CC/C=C/C)O4. The lowest BCUT2D eigenvalue weighted by molar-refractivity contribution is -0.268. The third-order valence-corrected chi connectivity index (χ3v) is 9.11. The molecule has 0 aromatic rings. The first kappa shape index (κ1) is 28.2. The van der Waals surface area contributed by atoms with Gasteiger partial charge in [-0.2, -0.15) is 0 Å². The van der Waals surface area contributed by atoms with Crippen LogP contribution in [0.5, 0.6) is 0 Å². The van der Waals surface area contributed by atoms with E-state index in [1.54, 1.807) is 0 Å². The van der Waals surface area contributed by atoms with Gasteiger partial charge in [0.2, 0.25) is 5.79 Å². The molecule has 2 unspecified atom stereocenters. The number of cyclic esters (lactones) is 2. The van der Waals surface area contributed by atoms with Crippen LogP contribution < -0.4 is 0 Å². The van der Waals surface area contributed by atoms with Crippen molar-refractivity contribution in [1.29, 1.82) is 0 Å². The van der Waals surface area contributed by atoms with Gasteiger partial charge >= 0.3 is 23.9 Å². The van der Waals surface area contributed by atoms with Gasteiger partial charge < -0.3 is 19.3 Å². The lowest BCUT2D eigenvalue weighted by atomic mass is 9.59. The first-order chi connectivity index (χ1) is 19.2. The van der Waals surface area contributed by atoms with E-state index in [0.717, 1.165) is 32.1 Å². The van der Waals surface area contributed by atoms with E-state index in [1.807, 2.05) is 38.2 Å². The number of unbranched alkanes of at least 4 members (excludes halogenated alkanes) is 3. The molecule has 0 aromatic heterocycles. The minimum Gasteiger partial charge on any atom is -0.481 e. The fraction of sp³-hybridized carbons (Fsp3) is 0.581. The van der Waals surface area contributed by atoms with Crippen molar-refractivity contribution < 1.29 is 43.3 Å². The lowest BCUT2D eigenvalue weighted by Crippen LogP contribution is -2.59. The molecule has 0 amide bonds. The zero-order valence-electron chi connectivity index (χ0n) is 23.0. The Bertz CT molecular complexity index is 1250. The third kappa shape index (κ3) is 4.48. The van der Waals surface area contributed by atoms with Gasteiger partial charge in [0.25, 0.3) is 0 Å². The third-order valence-electron chi connectivity index (χ3n) is 9.11. The molecule has 0 radical (unpaired) electrons. The van der Waals surface area contributed by atoms with Gasteiger partial charge in [-0.25, -0.2) is 9.59 Å². The summed E-state index contributed by atoms with van der Waals surface area (Å²) in [6, 6.07) is 0. The van der Waals surface area contributed by atoms with Gasteiger partial charge in [-0.05, 0) is 57.8 Å². The molecule has 1 spiro atoms. The molecular formula is C31H36O9. The van der Waals surface area contributed by atoms with E-state index in [4.69, 9.17) is 14.2 Å². The van der Waals surface area contributed by atoms with Crippen molar-refractivity contribution in [2.24, 2.45) is 23.2 Å². The number of hydrogen-bond donors (Lipinski definition) is 1. The number of rotatable bonds is 12. The average Bonchev–Trinajstić information content (AvgIpc) is 3.25. The van der Waals surface area contributed by atoms with Crippen LogP contribution in [0, 0.1) is 23.2 Å². The van der Waals surface area contributed by atoms with E-state index in [1.165, 1.54) is 0 Å². The van der Waals surface area contributed by atoms with Crippen LogP contribution in [0.2, 0.25) is 0 Å². The first-order valence-electron chi connectivity index (χ1n) is 14.3. The molecule has 5 aliphatic rings. The Hall–Kier alpha value is -3.33. The highest BCUT2D eigenvalue weighted by Crippen LogP contribution is 2.67. The summed E-state index contributed by atoms with van der Waals surface area (Å²) in [4.78, 5) is 65.1. The molecule has 5 bridgehead atoms. The molecular weight excluding hydrogens is 516 g/mol. The topological polar surface area (TPSA) is 133 Å². The van der Waals surface area contributed by atoms with Crippen molar-refractivity contribution in [1.82, 2.24) is 0 Å².